The van der Waals surface area contributed by atoms with Gasteiger partial charge >= 0.3 is 0 Å². The zero-order chi connectivity index (χ0) is 10.7. The highest BCUT2D eigenvalue weighted by atomic mass is 15.1. The van der Waals surface area contributed by atoms with Crippen molar-refractivity contribution >= 4 is 5.69 Å². The summed E-state index contributed by atoms with van der Waals surface area (Å²) in [5, 5.41) is 0. The molecule has 0 aromatic heterocycles. The fourth-order valence-electron chi connectivity index (χ4n) is 1.58. The summed E-state index contributed by atoms with van der Waals surface area (Å²) in [6, 6.07) is 10.4. The minimum absolute atomic E-state index is 1.20. The van der Waals surface area contributed by atoms with E-state index in [4.69, 9.17) is 0 Å². The van der Waals surface area contributed by atoms with Gasteiger partial charge in [-0.3, -0.25) is 0 Å². The monoisotopic (exact) mass is 197 g/mol. The summed E-state index contributed by atoms with van der Waals surface area (Å²) in [5.74, 6) is 0. The molecule has 1 heterocycles. The summed E-state index contributed by atoms with van der Waals surface area (Å²) in [6.45, 7) is 4.22. The number of nitrogens with zero attached hydrogens (tertiary/aromatic N) is 1. The Balaban J connectivity index is 2.36. The average molecular weight is 197 g/mol. The van der Waals surface area contributed by atoms with Crippen LogP contribution in [0, 0.1) is 0 Å². The van der Waals surface area contributed by atoms with Crippen LogP contribution in [0.5, 0.6) is 0 Å². The molecule has 0 spiro atoms. The third-order valence-corrected chi connectivity index (χ3v) is 2.49. The topological polar surface area (TPSA) is 3.24 Å². The molecule has 0 radical (unpaired) electrons. The van der Waals surface area contributed by atoms with E-state index in [2.05, 4.69) is 67.4 Å². The standard InChI is InChI=1S/C14H15N/c1-12-8-9-13(2)15(11-10-12)14-6-4-3-5-7-14/h3-11H,1-2H3. The van der Waals surface area contributed by atoms with Crippen LogP contribution in [0.15, 0.2) is 66.0 Å². The van der Waals surface area contributed by atoms with E-state index in [9.17, 15) is 0 Å². The number of rotatable bonds is 1. The van der Waals surface area contributed by atoms with Crippen LogP contribution in [-0.2, 0) is 0 Å². The maximum absolute atomic E-state index is 2.19. The van der Waals surface area contributed by atoms with E-state index in [1.165, 1.54) is 17.0 Å². The van der Waals surface area contributed by atoms with Crippen LogP contribution < -0.4 is 4.90 Å². The zero-order valence-corrected chi connectivity index (χ0v) is 9.14. The van der Waals surface area contributed by atoms with Crippen LogP contribution >= 0.6 is 0 Å². The van der Waals surface area contributed by atoms with Gasteiger partial charge in [0.25, 0.3) is 0 Å². The molecule has 0 aliphatic carbocycles. The summed E-state index contributed by atoms with van der Waals surface area (Å²) >= 11 is 0. The first kappa shape index (κ1) is 9.78. The fraction of sp³-hybridized carbons (Fsp3) is 0.143. The molecule has 1 aliphatic rings. The first-order valence-electron chi connectivity index (χ1n) is 5.15. The van der Waals surface area contributed by atoms with Gasteiger partial charge in [-0.2, -0.15) is 0 Å². The van der Waals surface area contributed by atoms with Gasteiger partial charge in [0.2, 0.25) is 0 Å². The smallest absolute Gasteiger partial charge is 0.0452 e. The Bertz CT molecular complexity index is 424. The second-order valence-corrected chi connectivity index (χ2v) is 3.74. The van der Waals surface area contributed by atoms with E-state index in [1.807, 2.05) is 6.07 Å². The van der Waals surface area contributed by atoms with Gasteiger partial charge in [-0.15, -0.1) is 0 Å². The predicted molar refractivity (Wildman–Crippen MR) is 65.6 cm³/mol. The molecule has 0 N–H and O–H groups in total. The molecular formula is C14H15N. The lowest BCUT2D eigenvalue weighted by atomic mass is 10.2. The lowest BCUT2D eigenvalue weighted by Crippen LogP contribution is -2.12. The summed E-state index contributed by atoms with van der Waals surface area (Å²) < 4.78 is 0. The number of allylic oxidation sites excluding steroid dienone is 5. The number of anilines is 1. The van der Waals surface area contributed by atoms with Gasteiger partial charge in [-0.05, 0) is 43.7 Å². The summed E-state index contributed by atoms with van der Waals surface area (Å²) in [4.78, 5) is 2.19. The largest absolute Gasteiger partial charge is 0.321 e. The van der Waals surface area contributed by atoms with E-state index >= 15 is 0 Å². The van der Waals surface area contributed by atoms with Crippen molar-refractivity contribution in [1.29, 1.82) is 0 Å². The van der Waals surface area contributed by atoms with E-state index in [-0.39, 0.29) is 0 Å². The zero-order valence-electron chi connectivity index (χ0n) is 9.14. The average Bonchev–Trinajstić information content (AvgIpc) is 2.43. The van der Waals surface area contributed by atoms with Crippen molar-refractivity contribution in [2.75, 3.05) is 4.90 Å². The van der Waals surface area contributed by atoms with Crippen LogP contribution in [0.2, 0.25) is 0 Å². The fourth-order valence-corrected chi connectivity index (χ4v) is 1.58. The third-order valence-electron chi connectivity index (χ3n) is 2.49. The Morgan fingerprint density at radius 1 is 0.933 bits per heavy atom. The minimum Gasteiger partial charge on any atom is -0.321 e. The second-order valence-electron chi connectivity index (χ2n) is 3.74. The van der Waals surface area contributed by atoms with Crippen LogP contribution in [0.3, 0.4) is 0 Å². The van der Waals surface area contributed by atoms with E-state index in [1.54, 1.807) is 0 Å². The summed E-state index contributed by atoms with van der Waals surface area (Å²) in [5.41, 5.74) is 3.70. The molecule has 0 unspecified atom stereocenters. The highest BCUT2D eigenvalue weighted by Crippen LogP contribution is 2.21. The van der Waals surface area contributed by atoms with Crippen molar-refractivity contribution in [3.63, 3.8) is 0 Å². The quantitative estimate of drug-likeness (QED) is 0.660. The molecule has 1 aliphatic heterocycles. The Morgan fingerprint density at radius 3 is 2.40 bits per heavy atom. The molecule has 0 saturated carbocycles. The van der Waals surface area contributed by atoms with Crippen molar-refractivity contribution < 1.29 is 0 Å². The molecule has 0 bridgehead atoms. The number of hydrogen-bond acceptors (Lipinski definition) is 1. The van der Waals surface area contributed by atoms with Gasteiger partial charge in [-0.25, -0.2) is 0 Å². The molecule has 1 aromatic carbocycles. The van der Waals surface area contributed by atoms with Crippen LogP contribution in [0.1, 0.15) is 13.8 Å². The van der Waals surface area contributed by atoms with Crippen molar-refractivity contribution in [2.45, 2.75) is 13.8 Å². The molecule has 1 aromatic rings. The first-order valence-corrected chi connectivity index (χ1v) is 5.15. The predicted octanol–water partition coefficient (Wildman–Crippen LogP) is 3.87. The van der Waals surface area contributed by atoms with Crippen LogP contribution in [0.25, 0.3) is 0 Å². The van der Waals surface area contributed by atoms with Gasteiger partial charge in [0.15, 0.2) is 0 Å². The Kier molecular flexibility index (Phi) is 2.72. The first-order chi connectivity index (χ1) is 7.27. The van der Waals surface area contributed by atoms with Gasteiger partial charge in [0, 0.05) is 17.6 Å². The van der Waals surface area contributed by atoms with Crippen molar-refractivity contribution in [1.82, 2.24) is 0 Å². The maximum Gasteiger partial charge on any atom is 0.0452 e. The third kappa shape index (κ3) is 2.18. The second kappa shape index (κ2) is 4.18. The molecular weight excluding hydrogens is 182 g/mol. The number of para-hydroxylation sites is 1. The van der Waals surface area contributed by atoms with Crippen molar-refractivity contribution in [3.05, 3.63) is 66.0 Å². The minimum atomic E-state index is 1.20. The normalized spacial score (nSPS) is 15.7. The van der Waals surface area contributed by atoms with Gasteiger partial charge in [0.1, 0.15) is 0 Å². The Morgan fingerprint density at radius 2 is 1.67 bits per heavy atom. The molecule has 0 fully saturated rings. The number of benzene rings is 1. The molecule has 0 amide bonds. The lowest BCUT2D eigenvalue weighted by Gasteiger charge is -2.20. The summed E-state index contributed by atoms with van der Waals surface area (Å²) in [7, 11) is 0. The lowest BCUT2D eigenvalue weighted by molar-refractivity contribution is 1.15. The highest BCUT2D eigenvalue weighted by molar-refractivity contribution is 5.56. The van der Waals surface area contributed by atoms with Crippen LogP contribution in [-0.4, -0.2) is 0 Å². The molecule has 1 heteroatoms. The number of hydrogen-bond donors (Lipinski definition) is 0. The molecule has 2 rings (SSSR count). The van der Waals surface area contributed by atoms with Gasteiger partial charge in [0.05, 0.1) is 0 Å². The van der Waals surface area contributed by atoms with E-state index in [0.717, 1.165) is 0 Å². The SMILES string of the molecule is CC1=CC=C(C)N(c2ccccc2)C=C1. The van der Waals surface area contributed by atoms with E-state index in [0.29, 0.717) is 0 Å². The Labute approximate surface area is 91.0 Å². The molecule has 0 atom stereocenters. The van der Waals surface area contributed by atoms with Gasteiger partial charge in [-0.1, -0.05) is 24.3 Å². The highest BCUT2D eigenvalue weighted by Gasteiger charge is 2.05. The Hall–Kier alpha value is -1.76. The summed E-state index contributed by atoms with van der Waals surface area (Å²) in [6.07, 6.45) is 8.51. The molecule has 76 valence electrons. The maximum atomic E-state index is 2.19. The van der Waals surface area contributed by atoms with Crippen molar-refractivity contribution in [2.24, 2.45) is 0 Å². The molecule has 1 nitrogen and oxygen atoms in total. The van der Waals surface area contributed by atoms with Crippen LogP contribution in [0.4, 0.5) is 5.69 Å². The van der Waals surface area contributed by atoms with Crippen molar-refractivity contribution in [3.8, 4) is 0 Å². The molecule has 0 saturated heterocycles. The van der Waals surface area contributed by atoms with Gasteiger partial charge < -0.3 is 4.90 Å². The van der Waals surface area contributed by atoms with E-state index < -0.39 is 0 Å². The molecule has 15 heavy (non-hydrogen) atoms.